The quantitative estimate of drug-likeness (QED) is 0.659. The van der Waals surface area contributed by atoms with Crippen molar-refractivity contribution in [2.45, 2.75) is 39.8 Å². The number of aryl methyl sites for hydroxylation is 1. The molecular weight excluding hydrogens is 396 g/mol. The van der Waals surface area contributed by atoms with E-state index < -0.39 is 12.1 Å². The smallest absolute Gasteiger partial charge is 0.326 e. The third-order valence-corrected chi connectivity index (χ3v) is 4.91. The topological polar surface area (TPSA) is 84.9 Å². The van der Waals surface area contributed by atoms with Crippen LogP contribution in [-0.4, -0.2) is 37.0 Å². The highest BCUT2D eigenvalue weighted by atomic mass is 16.5. The van der Waals surface area contributed by atoms with Crippen LogP contribution in [0.5, 0.6) is 5.75 Å². The largest absolute Gasteiger partial charge is 0.482 e. The summed E-state index contributed by atoms with van der Waals surface area (Å²) in [5.74, 6) is -0.631. The summed E-state index contributed by atoms with van der Waals surface area (Å²) in [5, 5.41) is 2.83. The van der Waals surface area contributed by atoms with Crippen LogP contribution in [0.2, 0.25) is 0 Å². The van der Waals surface area contributed by atoms with Gasteiger partial charge in [-0.25, -0.2) is 0 Å². The molecule has 0 aromatic heterocycles. The maximum Gasteiger partial charge on any atom is 0.326 e. The first-order valence-corrected chi connectivity index (χ1v) is 10.4. The van der Waals surface area contributed by atoms with E-state index in [-0.39, 0.29) is 30.9 Å². The number of nitrogens with zero attached hydrogens (tertiary/aromatic N) is 1. The standard InChI is InChI=1S/C24H28N2O5/c1-16(2)11-21(24(29)25-13-18-7-5-4-6-8-18)31-23(28)14-26-19-12-17(3)9-10-20(19)30-15-22(26)27/h4-10,12,16,21H,11,13-15H2,1-3H3,(H,25,29)/t21-/m1/s1. The number of hydrogen-bond donors (Lipinski definition) is 1. The molecule has 1 aliphatic rings. The van der Waals surface area contributed by atoms with Crippen LogP contribution >= 0.6 is 0 Å². The zero-order valence-corrected chi connectivity index (χ0v) is 18.1. The molecule has 1 aliphatic heterocycles. The van der Waals surface area contributed by atoms with Gasteiger partial charge in [-0.15, -0.1) is 0 Å². The zero-order chi connectivity index (χ0) is 22.4. The van der Waals surface area contributed by atoms with Gasteiger partial charge in [0, 0.05) is 6.54 Å². The van der Waals surface area contributed by atoms with E-state index in [2.05, 4.69) is 5.32 Å². The number of fused-ring (bicyclic) bond motifs is 1. The Kier molecular flexibility index (Phi) is 7.28. The lowest BCUT2D eigenvalue weighted by Crippen LogP contribution is -2.45. The van der Waals surface area contributed by atoms with Gasteiger partial charge in [0.1, 0.15) is 12.3 Å². The van der Waals surface area contributed by atoms with Crippen LogP contribution in [0, 0.1) is 12.8 Å². The first-order valence-electron chi connectivity index (χ1n) is 10.4. The number of benzene rings is 2. The van der Waals surface area contributed by atoms with E-state index in [0.717, 1.165) is 11.1 Å². The summed E-state index contributed by atoms with van der Waals surface area (Å²) in [7, 11) is 0. The maximum absolute atomic E-state index is 12.7. The fourth-order valence-corrected chi connectivity index (χ4v) is 3.35. The number of amides is 2. The Morgan fingerprint density at radius 3 is 2.61 bits per heavy atom. The Bertz CT molecular complexity index is 942. The van der Waals surface area contributed by atoms with E-state index >= 15 is 0 Å². The second-order valence-electron chi connectivity index (χ2n) is 8.05. The van der Waals surface area contributed by atoms with Crippen molar-refractivity contribution in [1.29, 1.82) is 0 Å². The SMILES string of the molecule is Cc1ccc2c(c1)N(CC(=O)O[C@H](CC(C)C)C(=O)NCc1ccccc1)C(=O)CO2. The van der Waals surface area contributed by atoms with Gasteiger partial charge in [0.15, 0.2) is 12.7 Å². The number of carbonyl (C=O) groups excluding carboxylic acids is 3. The van der Waals surface area contributed by atoms with Crippen LogP contribution in [0.25, 0.3) is 0 Å². The number of nitrogens with one attached hydrogen (secondary N) is 1. The lowest BCUT2D eigenvalue weighted by atomic mass is 10.1. The normalized spacial score (nSPS) is 13.9. The molecule has 0 fully saturated rings. The molecule has 0 radical (unpaired) electrons. The van der Waals surface area contributed by atoms with E-state index in [1.165, 1.54) is 4.90 Å². The lowest BCUT2D eigenvalue weighted by molar-refractivity contribution is -0.156. The Morgan fingerprint density at radius 1 is 1.16 bits per heavy atom. The molecule has 0 saturated heterocycles. The third kappa shape index (κ3) is 6.07. The molecule has 3 rings (SSSR count). The van der Waals surface area contributed by atoms with Crippen molar-refractivity contribution in [3.8, 4) is 5.75 Å². The van der Waals surface area contributed by atoms with Crippen LogP contribution in [0.4, 0.5) is 5.69 Å². The van der Waals surface area contributed by atoms with Crippen molar-refractivity contribution in [2.75, 3.05) is 18.1 Å². The zero-order valence-electron chi connectivity index (χ0n) is 18.1. The molecule has 1 N–H and O–H groups in total. The number of ether oxygens (including phenoxy) is 2. The number of esters is 1. The summed E-state index contributed by atoms with van der Waals surface area (Å²) in [6.07, 6.45) is -0.539. The number of anilines is 1. The highest BCUT2D eigenvalue weighted by Crippen LogP contribution is 2.32. The van der Waals surface area contributed by atoms with Gasteiger partial charge in [0.05, 0.1) is 5.69 Å². The summed E-state index contributed by atoms with van der Waals surface area (Å²) in [4.78, 5) is 39.1. The van der Waals surface area contributed by atoms with Crippen LogP contribution < -0.4 is 15.0 Å². The Morgan fingerprint density at radius 2 is 1.90 bits per heavy atom. The van der Waals surface area contributed by atoms with Crippen molar-refractivity contribution in [3.05, 3.63) is 59.7 Å². The van der Waals surface area contributed by atoms with Gasteiger partial charge >= 0.3 is 5.97 Å². The van der Waals surface area contributed by atoms with Crippen molar-refractivity contribution in [3.63, 3.8) is 0 Å². The predicted octanol–water partition coefficient (Wildman–Crippen LogP) is 2.99. The Balaban J connectivity index is 1.66. The van der Waals surface area contributed by atoms with Gasteiger partial charge in [0.25, 0.3) is 11.8 Å². The molecule has 2 aromatic rings. The summed E-state index contributed by atoms with van der Waals surface area (Å²) >= 11 is 0. The van der Waals surface area contributed by atoms with Gasteiger partial charge in [-0.05, 0) is 42.5 Å². The van der Waals surface area contributed by atoms with Gasteiger partial charge in [-0.3, -0.25) is 19.3 Å². The minimum absolute atomic E-state index is 0.143. The lowest BCUT2D eigenvalue weighted by Gasteiger charge is -2.29. The molecule has 0 saturated carbocycles. The minimum atomic E-state index is -0.927. The first-order chi connectivity index (χ1) is 14.8. The predicted molar refractivity (Wildman–Crippen MR) is 117 cm³/mol. The van der Waals surface area contributed by atoms with E-state index in [4.69, 9.17) is 9.47 Å². The van der Waals surface area contributed by atoms with E-state index in [1.54, 1.807) is 12.1 Å². The number of rotatable bonds is 8. The van der Waals surface area contributed by atoms with Crippen LogP contribution in [-0.2, 0) is 25.7 Å². The molecule has 1 atom stereocenters. The molecule has 0 spiro atoms. The summed E-state index contributed by atoms with van der Waals surface area (Å²) < 4.78 is 11.0. The fourth-order valence-electron chi connectivity index (χ4n) is 3.35. The van der Waals surface area contributed by atoms with E-state index in [9.17, 15) is 14.4 Å². The molecule has 7 nitrogen and oxygen atoms in total. The molecular formula is C24H28N2O5. The van der Waals surface area contributed by atoms with Crippen molar-refractivity contribution >= 4 is 23.5 Å². The third-order valence-electron chi connectivity index (χ3n) is 4.91. The average molecular weight is 424 g/mol. The number of carbonyl (C=O) groups is 3. The average Bonchev–Trinajstić information content (AvgIpc) is 2.74. The van der Waals surface area contributed by atoms with Crippen molar-refractivity contribution in [2.24, 2.45) is 5.92 Å². The highest BCUT2D eigenvalue weighted by molar-refractivity contribution is 6.01. The van der Waals surface area contributed by atoms with E-state index in [0.29, 0.717) is 24.4 Å². The Hall–Kier alpha value is -3.35. The van der Waals surface area contributed by atoms with Gasteiger partial charge in [-0.2, -0.15) is 0 Å². The minimum Gasteiger partial charge on any atom is -0.482 e. The van der Waals surface area contributed by atoms with E-state index in [1.807, 2.05) is 57.2 Å². The van der Waals surface area contributed by atoms with Gasteiger partial charge in [0.2, 0.25) is 0 Å². The summed E-state index contributed by atoms with van der Waals surface area (Å²) in [6, 6.07) is 15.0. The second kappa shape index (κ2) is 10.1. The molecule has 2 aromatic carbocycles. The van der Waals surface area contributed by atoms with Crippen molar-refractivity contribution < 1.29 is 23.9 Å². The summed E-state index contributed by atoms with van der Waals surface area (Å²) in [6.45, 7) is 5.73. The van der Waals surface area contributed by atoms with Gasteiger partial charge in [-0.1, -0.05) is 50.2 Å². The second-order valence-corrected chi connectivity index (χ2v) is 8.05. The molecule has 7 heteroatoms. The molecule has 0 unspecified atom stereocenters. The molecule has 1 heterocycles. The first kappa shape index (κ1) is 22.3. The highest BCUT2D eigenvalue weighted by Gasteiger charge is 2.30. The number of hydrogen-bond acceptors (Lipinski definition) is 5. The molecule has 0 bridgehead atoms. The molecule has 31 heavy (non-hydrogen) atoms. The van der Waals surface area contributed by atoms with Crippen molar-refractivity contribution in [1.82, 2.24) is 5.32 Å². The molecule has 2 amide bonds. The molecule has 0 aliphatic carbocycles. The maximum atomic E-state index is 12.7. The van der Waals surface area contributed by atoms with Crippen LogP contribution in [0.15, 0.2) is 48.5 Å². The van der Waals surface area contributed by atoms with Gasteiger partial charge < -0.3 is 14.8 Å². The fraction of sp³-hybridized carbons (Fsp3) is 0.375. The van der Waals surface area contributed by atoms with Crippen LogP contribution in [0.3, 0.4) is 0 Å². The molecule has 164 valence electrons. The van der Waals surface area contributed by atoms with Crippen LogP contribution in [0.1, 0.15) is 31.4 Å². The Labute approximate surface area is 182 Å². The monoisotopic (exact) mass is 424 g/mol. The summed E-state index contributed by atoms with van der Waals surface area (Å²) in [5.41, 5.74) is 2.42.